The fraction of sp³-hybridized carbons (Fsp3) is 0.440. The number of hydrogen-bond acceptors (Lipinski definition) is 5. The monoisotopic (exact) mass is 437 g/mol. The molecule has 0 atom stereocenters. The van der Waals surface area contributed by atoms with Crippen molar-refractivity contribution in [2.45, 2.75) is 39.7 Å². The molecule has 2 aliphatic rings. The van der Waals surface area contributed by atoms with Gasteiger partial charge < -0.3 is 25.4 Å². The largest absolute Gasteiger partial charge is 0.454 e. The number of carbonyl (C=O) groups is 2. The van der Waals surface area contributed by atoms with Crippen LogP contribution in [0.25, 0.3) is 0 Å². The van der Waals surface area contributed by atoms with Crippen LogP contribution in [0.3, 0.4) is 0 Å². The van der Waals surface area contributed by atoms with Crippen LogP contribution in [0.15, 0.2) is 42.5 Å². The molecular weight excluding hydrogens is 406 g/mol. The Kier molecular flexibility index (Phi) is 6.37. The summed E-state index contributed by atoms with van der Waals surface area (Å²) in [6, 6.07) is 12.9. The van der Waals surface area contributed by atoms with E-state index in [2.05, 4.69) is 5.32 Å². The Hall–Kier alpha value is -3.06. The average molecular weight is 438 g/mol. The zero-order valence-electron chi connectivity index (χ0n) is 18.7. The van der Waals surface area contributed by atoms with Crippen LogP contribution in [0.1, 0.15) is 49.0 Å². The molecular formula is C25H31N3O4. The Bertz CT molecular complexity index is 983. The normalized spacial score (nSPS) is 15.2. The van der Waals surface area contributed by atoms with Gasteiger partial charge in [0.1, 0.15) is 0 Å². The fourth-order valence-corrected chi connectivity index (χ4v) is 3.82. The molecule has 7 heteroatoms. The second kappa shape index (κ2) is 9.20. The summed E-state index contributed by atoms with van der Waals surface area (Å²) in [5.74, 6) is 1.37. The summed E-state index contributed by atoms with van der Waals surface area (Å²) in [5.41, 5.74) is 8.03. The Labute approximate surface area is 188 Å². The quantitative estimate of drug-likeness (QED) is 0.655. The lowest BCUT2D eigenvalue weighted by Crippen LogP contribution is -2.41. The van der Waals surface area contributed by atoms with E-state index in [1.165, 1.54) is 0 Å². The van der Waals surface area contributed by atoms with Crippen LogP contribution in [0.2, 0.25) is 0 Å². The summed E-state index contributed by atoms with van der Waals surface area (Å²) < 4.78 is 10.8. The molecule has 0 bridgehead atoms. The number of anilines is 1. The van der Waals surface area contributed by atoms with Gasteiger partial charge in [-0.25, -0.2) is 0 Å². The Morgan fingerprint density at radius 3 is 2.47 bits per heavy atom. The molecule has 7 nitrogen and oxygen atoms in total. The third-order valence-corrected chi connectivity index (χ3v) is 6.15. The number of ether oxygens (including phenoxy) is 2. The molecule has 4 rings (SSSR count). The highest BCUT2D eigenvalue weighted by molar-refractivity contribution is 5.95. The Balaban J connectivity index is 1.49. The molecule has 0 spiro atoms. The maximum atomic E-state index is 13.4. The molecule has 0 radical (unpaired) electrons. The van der Waals surface area contributed by atoms with E-state index >= 15 is 0 Å². The lowest BCUT2D eigenvalue weighted by Gasteiger charge is -2.32. The van der Waals surface area contributed by atoms with Gasteiger partial charge in [0.25, 0.3) is 5.91 Å². The van der Waals surface area contributed by atoms with E-state index in [1.807, 2.05) is 43.0 Å². The highest BCUT2D eigenvalue weighted by Gasteiger charge is 2.27. The zero-order valence-corrected chi connectivity index (χ0v) is 18.7. The maximum absolute atomic E-state index is 13.4. The van der Waals surface area contributed by atoms with Crippen LogP contribution in [0.4, 0.5) is 5.69 Å². The lowest BCUT2D eigenvalue weighted by molar-refractivity contribution is -0.122. The number of fused-ring (bicyclic) bond motifs is 1. The minimum atomic E-state index is -0.233. The van der Waals surface area contributed by atoms with Crippen molar-refractivity contribution in [1.29, 1.82) is 0 Å². The first kappa shape index (κ1) is 22.1. The van der Waals surface area contributed by atoms with E-state index in [0.29, 0.717) is 36.7 Å². The first-order chi connectivity index (χ1) is 15.3. The van der Waals surface area contributed by atoms with Crippen molar-refractivity contribution >= 4 is 17.5 Å². The predicted molar refractivity (Wildman–Crippen MR) is 123 cm³/mol. The molecule has 0 saturated heterocycles. The van der Waals surface area contributed by atoms with Gasteiger partial charge in [0.2, 0.25) is 12.7 Å². The van der Waals surface area contributed by atoms with E-state index < -0.39 is 0 Å². The van der Waals surface area contributed by atoms with Crippen molar-refractivity contribution in [3.05, 3.63) is 53.6 Å². The highest BCUT2D eigenvalue weighted by Crippen LogP contribution is 2.33. The van der Waals surface area contributed by atoms with Crippen LogP contribution in [0, 0.1) is 11.3 Å². The highest BCUT2D eigenvalue weighted by atomic mass is 16.7. The van der Waals surface area contributed by atoms with Crippen LogP contribution in [-0.2, 0) is 11.3 Å². The maximum Gasteiger partial charge on any atom is 0.254 e. The van der Waals surface area contributed by atoms with E-state index in [-0.39, 0.29) is 29.9 Å². The van der Waals surface area contributed by atoms with Gasteiger partial charge in [-0.1, -0.05) is 32.4 Å². The Morgan fingerprint density at radius 2 is 1.81 bits per heavy atom. The summed E-state index contributed by atoms with van der Waals surface area (Å²) in [4.78, 5) is 27.4. The molecule has 2 aromatic rings. The van der Waals surface area contributed by atoms with Crippen molar-refractivity contribution in [3.8, 4) is 11.5 Å². The number of nitrogens with two attached hydrogens (primary N) is 1. The van der Waals surface area contributed by atoms with Gasteiger partial charge in [0.15, 0.2) is 11.5 Å². The van der Waals surface area contributed by atoms with Gasteiger partial charge >= 0.3 is 0 Å². The molecule has 1 fully saturated rings. The van der Waals surface area contributed by atoms with Crippen molar-refractivity contribution in [3.63, 3.8) is 0 Å². The Morgan fingerprint density at radius 1 is 1.09 bits per heavy atom. The summed E-state index contributed by atoms with van der Waals surface area (Å²) in [6.07, 6.45) is 3.07. The van der Waals surface area contributed by atoms with E-state index in [4.69, 9.17) is 15.2 Å². The van der Waals surface area contributed by atoms with Gasteiger partial charge in [-0.3, -0.25) is 9.59 Å². The van der Waals surface area contributed by atoms with Crippen molar-refractivity contribution < 1.29 is 19.1 Å². The second-order valence-electron chi connectivity index (χ2n) is 9.41. The van der Waals surface area contributed by atoms with Crippen molar-refractivity contribution in [2.24, 2.45) is 17.1 Å². The topological polar surface area (TPSA) is 93.9 Å². The number of nitrogens with zero attached hydrogens (tertiary/aromatic N) is 1. The number of benzene rings is 2. The molecule has 170 valence electrons. The number of rotatable bonds is 8. The number of nitrogens with one attached hydrogen (secondary N) is 1. The average Bonchev–Trinajstić information content (AvgIpc) is 3.20. The molecule has 0 unspecified atom stereocenters. The molecule has 1 saturated carbocycles. The van der Waals surface area contributed by atoms with Gasteiger partial charge in [-0.15, -0.1) is 0 Å². The fourth-order valence-electron chi connectivity index (χ4n) is 3.82. The number of amides is 2. The number of hydrogen-bond donors (Lipinski definition) is 2. The third kappa shape index (κ3) is 5.05. The van der Waals surface area contributed by atoms with Gasteiger partial charge in [-0.2, -0.15) is 0 Å². The van der Waals surface area contributed by atoms with Crippen LogP contribution in [0.5, 0.6) is 11.5 Å². The summed E-state index contributed by atoms with van der Waals surface area (Å²) in [7, 11) is 0. The summed E-state index contributed by atoms with van der Waals surface area (Å²) in [5, 5.41) is 2.98. The zero-order chi connectivity index (χ0) is 22.7. The standard InChI is InChI=1S/C25H31N3O4/c1-25(2,14-26)15-28(24(30)19-8-11-21-22(12-19)32-16-31-21)13-17-6-9-20(10-7-17)27-23(29)18-4-3-5-18/h6-12,18H,3-5,13-16,26H2,1-2H3,(H,27,29). The van der Waals surface area contributed by atoms with Crippen LogP contribution >= 0.6 is 0 Å². The van der Waals surface area contributed by atoms with Crippen LogP contribution < -0.4 is 20.5 Å². The van der Waals surface area contributed by atoms with E-state index in [0.717, 1.165) is 30.5 Å². The van der Waals surface area contributed by atoms with E-state index in [1.54, 1.807) is 18.2 Å². The van der Waals surface area contributed by atoms with Gasteiger partial charge in [0.05, 0.1) is 0 Å². The first-order valence-electron chi connectivity index (χ1n) is 11.1. The molecule has 2 aromatic carbocycles. The first-order valence-corrected chi connectivity index (χ1v) is 11.1. The molecule has 1 aliphatic heterocycles. The minimum absolute atomic E-state index is 0.0906. The third-order valence-electron chi connectivity index (χ3n) is 6.15. The predicted octanol–water partition coefficient (Wildman–Crippen LogP) is 3.78. The second-order valence-corrected chi connectivity index (χ2v) is 9.41. The summed E-state index contributed by atoms with van der Waals surface area (Å²) >= 11 is 0. The lowest BCUT2D eigenvalue weighted by atomic mass is 9.85. The summed E-state index contributed by atoms with van der Waals surface area (Å²) in [6.45, 7) is 5.67. The molecule has 32 heavy (non-hydrogen) atoms. The van der Waals surface area contributed by atoms with E-state index in [9.17, 15) is 9.59 Å². The molecule has 2 amide bonds. The van der Waals surface area contributed by atoms with Gasteiger partial charge in [0, 0.05) is 30.3 Å². The smallest absolute Gasteiger partial charge is 0.254 e. The van der Waals surface area contributed by atoms with Crippen molar-refractivity contribution in [2.75, 3.05) is 25.2 Å². The molecule has 0 aromatic heterocycles. The van der Waals surface area contributed by atoms with Crippen molar-refractivity contribution in [1.82, 2.24) is 4.90 Å². The SMILES string of the molecule is CC(C)(CN)CN(Cc1ccc(NC(=O)C2CCC2)cc1)C(=O)c1ccc2c(c1)OCO2. The molecule has 1 heterocycles. The van der Waals surface area contributed by atoms with Gasteiger partial charge in [-0.05, 0) is 60.7 Å². The molecule has 3 N–H and O–H groups in total. The molecule has 1 aliphatic carbocycles. The minimum Gasteiger partial charge on any atom is -0.454 e. The number of carbonyl (C=O) groups excluding carboxylic acids is 2. The van der Waals surface area contributed by atoms with Crippen LogP contribution in [-0.4, -0.2) is 36.6 Å².